The molecule has 0 unspecified atom stereocenters. The molecule has 0 fully saturated rings. The predicted molar refractivity (Wildman–Crippen MR) is 93.0 cm³/mol. The van der Waals surface area contributed by atoms with Crippen LogP contribution in [0.25, 0.3) is 0 Å². The van der Waals surface area contributed by atoms with Crippen LogP contribution in [-0.4, -0.2) is 33.0 Å². The second-order valence-corrected chi connectivity index (χ2v) is 6.60. The molecule has 0 saturated carbocycles. The summed E-state index contributed by atoms with van der Waals surface area (Å²) in [6.45, 7) is 5.47. The molecule has 0 radical (unpaired) electrons. The minimum atomic E-state index is -5.84. The van der Waals surface area contributed by atoms with E-state index in [4.69, 9.17) is 13.0 Å². The topological polar surface area (TPSA) is 85.1 Å². The van der Waals surface area contributed by atoms with Crippen LogP contribution in [0.3, 0.4) is 0 Å². The number of aryl methyl sites for hydroxylation is 2. The third-order valence-electron chi connectivity index (χ3n) is 2.88. The van der Waals surface area contributed by atoms with Gasteiger partial charge in [0.2, 0.25) is 0 Å². The Morgan fingerprint density at radius 1 is 1.15 bits per heavy atom. The molecule has 0 spiro atoms. The lowest BCUT2D eigenvalue weighted by Gasteiger charge is -1.97. The van der Waals surface area contributed by atoms with Crippen LogP contribution >= 0.6 is 0 Å². The Morgan fingerprint density at radius 2 is 1.81 bits per heavy atom. The molecule has 2 heterocycles. The van der Waals surface area contributed by atoms with Crippen molar-refractivity contribution in [2.45, 2.75) is 51.6 Å². The first-order chi connectivity index (χ1) is 12.1. The van der Waals surface area contributed by atoms with Crippen molar-refractivity contribution < 1.29 is 26.1 Å². The number of imidazole rings is 1. The van der Waals surface area contributed by atoms with Gasteiger partial charge in [-0.2, -0.15) is 21.6 Å². The van der Waals surface area contributed by atoms with Crippen molar-refractivity contribution in [3.05, 3.63) is 48.8 Å². The minimum Gasteiger partial charge on any atom is -0.337 e. The molecule has 2 aromatic rings. The van der Waals surface area contributed by atoms with E-state index in [9.17, 15) is 13.2 Å². The monoisotopic (exact) mass is 395 g/mol. The van der Waals surface area contributed by atoms with Gasteiger partial charge in [-0.25, -0.2) is 4.98 Å². The number of aromatic nitrogens is 3. The summed E-state index contributed by atoms with van der Waals surface area (Å²) < 4.78 is 59.6. The fourth-order valence-corrected chi connectivity index (χ4v) is 1.59. The van der Waals surface area contributed by atoms with E-state index in [-0.39, 0.29) is 0 Å². The number of unbranched alkanes of at least 4 members (excludes halogenated alkanes) is 1. The lowest BCUT2D eigenvalue weighted by molar-refractivity contribution is -0.0510. The van der Waals surface area contributed by atoms with Crippen LogP contribution < -0.4 is 0 Å². The maximum Gasteiger partial charge on any atom is 0.522 e. The van der Waals surface area contributed by atoms with Gasteiger partial charge in [0.1, 0.15) is 0 Å². The Bertz CT molecular complexity index is 676. The number of pyridine rings is 1. The highest BCUT2D eigenvalue weighted by atomic mass is 32.2. The number of nitrogens with zero attached hydrogens (tertiary/aromatic N) is 3. The van der Waals surface area contributed by atoms with Gasteiger partial charge in [-0.1, -0.05) is 32.8 Å². The van der Waals surface area contributed by atoms with Crippen LogP contribution in [0.5, 0.6) is 0 Å². The van der Waals surface area contributed by atoms with Gasteiger partial charge in [0.25, 0.3) is 0 Å². The molecule has 0 saturated heterocycles. The molecule has 6 nitrogen and oxygen atoms in total. The number of halogens is 3. The molecule has 0 aliphatic carbocycles. The molecule has 0 bridgehead atoms. The van der Waals surface area contributed by atoms with Crippen molar-refractivity contribution >= 4 is 10.1 Å². The maximum atomic E-state index is 10.7. The first-order valence-electron chi connectivity index (χ1n) is 8.00. The normalized spacial score (nSPS) is 11.0. The van der Waals surface area contributed by atoms with E-state index < -0.39 is 15.6 Å². The Hall–Kier alpha value is -1.94. The van der Waals surface area contributed by atoms with Gasteiger partial charge in [0.05, 0.1) is 6.33 Å². The lowest BCUT2D eigenvalue weighted by Crippen LogP contribution is -2.21. The fourth-order valence-electron chi connectivity index (χ4n) is 1.59. The SMILES string of the molecule is CCCCn1ccnc1.CCCc1cccnc1.O=S(=O)(O)C(F)(F)F. The Labute approximate surface area is 151 Å². The summed E-state index contributed by atoms with van der Waals surface area (Å²) in [6, 6.07) is 4.08. The van der Waals surface area contributed by atoms with Crippen LogP contribution in [0.1, 0.15) is 38.7 Å². The summed E-state index contributed by atoms with van der Waals surface area (Å²) in [6.07, 6.45) is 14.2. The van der Waals surface area contributed by atoms with Gasteiger partial charge >= 0.3 is 15.6 Å². The van der Waals surface area contributed by atoms with Crippen LogP contribution in [0.15, 0.2) is 43.2 Å². The van der Waals surface area contributed by atoms with E-state index in [1.807, 2.05) is 31.0 Å². The zero-order valence-electron chi connectivity index (χ0n) is 14.7. The van der Waals surface area contributed by atoms with Gasteiger partial charge in [-0.05, 0) is 24.5 Å². The summed E-state index contributed by atoms with van der Waals surface area (Å²) in [5, 5.41) is 0. The third-order valence-corrected chi connectivity index (χ3v) is 3.47. The summed E-state index contributed by atoms with van der Waals surface area (Å²) in [5.41, 5.74) is -4.20. The van der Waals surface area contributed by atoms with E-state index in [1.165, 1.54) is 24.8 Å². The van der Waals surface area contributed by atoms with Crippen molar-refractivity contribution in [3.8, 4) is 0 Å². The number of alkyl halides is 3. The zero-order chi connectivity index (χ0) is 20.1. The molecule has 148 valence electrons. The molecule has 26 heavy (non-hydrogen) atoms. The second-order valence-electron chi connectivity index (χ2n) is 5.19. The van der Waals surface area contributed by atoms with Crippen molar-refractivity contribution in [3.63, 3.8) is 0 Å². The molecular formula is C16H24F3N3O3S. The highest BCUT2D eigenvalue weighted by Crippen LogP contribution is 2.20. The first-order valence-corrected chi connectivity index (χ1v) is 9.44. The predicted octanol–water partition coefficient (Wildman–Crippen LogP) is 4.11. The Morgan fingerprint density at radius 3 is 2.19 bits per heavy atom. The molecule has 2 aromatic heterocycles. The standard InChI is InChI=1S/C8H11N.C7H12N2.CHF3O3S/c1-2-4-8-5-3-6-9-7-8;1-2-3-5-9-6-4-8-7-9;2-1(3,4)8(5,6)7/h3,5-7H,2,4H2,1H3;4,6-7H,2-3,5H2,1H3;(H,5,6,7). The molecular weight excluding hydrogens is 371 g/mol. The minimum absolute atomic E-state index is 1.11. The lowest BCUT2D eigenvalue weighted by atomic mass is 10.2. The van der Waals surface area contributed by atoms with E-state index in [0.29, 0.717) is 0 Å². The maximum absolute atomic E-state index is 10.7. The van der Waals surface area contributed by atoms with Gasteiger partial charge in [0.15, 0.2) is 0 Å². The van der Waals surface area contributed by atoms with Crippen LogP contribution in [0, 0.1) is 0 Å². The largest absolute Gasteiger partial charge is 0.522 e. The second kappa shape index (κ2) is 12.4. The number of rotatable bonds is 5. The average molecular weight is 395 g/mol. The van der Waals surface area contributed by atoms with Crippen molar-refractivity contribution in [1.82, 2.24) is 14.5 Å². The van der Waals surface area contributed by atoms with Gasteiger partial charge < -0.3 is 4.57 Å². The Balaban J connectivity index is 0.000000362. The zero-order valence-corrected chi connectivity index (χ0v) is 15.5. The van der Waals surface area contributed by atoms with E-state index >= 15 is 0 Å². The molecule has 0 aliphatic rings. The van der Waals surface area contributed by atoms with Crippen molar-refractivity contribution in [2.75, 3.05) is 0 Å². The summed E-state index contributed by atoms with van der Waals surface area (Å²) in [4.78, 5) is 7.94. The summed E-state index contributed by atoms with van der Waals surface area (Å²) in [5.74, 6) is 0. The van der Waals surface area contributed by atoms with Gasteiger partial charge in [-0.3, -0.25) is 9.54 Å². The van der Waals surface area contributed by atoms with Crippen LogP contribution in [0.4, 0.5) is 13.2 Å². The smallest absolute Gasteiger partial charge is 0.337 e. The van der Waals surface area contributed by atoms with Crippen LogP contribution in [0.2, 0.25) is 0 Å². The number of hydrogen-bond acceptors (Lipinski definition) is 4. The van der Waals surface area contributed by atoms with Crippen molar-refractivity contribution in [1.29, 1.82) is 0 Å². The van der Waals surface area contributed by atoms with Gasteiger partial charge in [-0.15, -0.1) is 0 Å². The highest BCUT2D eigenvalue weighted by Gasteiger charge is 2.44. The summed E-state index contributed by atoms with van der Waals surface area (Å²) >= 11 is 0. The molecule has 0 atom stereocenters. The van der Waals surface area contributed by atoms with E-state index in [2.05, 4.69) is 34.4 Å². The molecule has 2 rings (SSSR count). The molecule has 0 aliphatic heterocycles. The molecule has 0 amide bonds. The fraction of sp³-hybridized carbons (Fsp3) is 0.500. The number of hydrogen-bond donors (Lipinski definition) is 1. The average Bonchev–Trinajstić information content (AvgIpc) is 3.07. The van der Waals surface area contributed by atoms with Crippen LogP contribution in [-0.2, 0) is 23.1 Å². The van der Waals surface area contributed by atoms with E-state index in [0.717, 1.165) is 13.0 Å². The van der Waals surface area contributed by atoms with Crippen molar-refractivity contribution in [2.24, 2.45) is 0 Å². The summed E-state index contributed by atoms with van der Waals surface area (Å²) in [7, 11) is -5.84. The third kappa shape index (κ3) is 11.6. The highest BCUT2D eigenvalue weighted by molar-refractivity contribution is 7.86. The van der Waals surface area contributed by atoms with Gasteiger partial charge in [0, 0.05) is 31.3 Å². The van der Waals surface area contributed by atoms with E-state index in [1.54, 1.807) is 6.20 Å². The first kappa shape index (κ1) is 24.1. The molecule has 1 N–H and O–H groups in total. The quantitative estimate of drug-likeness (QED) is 0.608. The Kier molecular flexibility index (Phi) is 11.5. The molecule has 0 aromatic carbocycles. The molecule has 10 heteroatoms.